The number of rotatable bonds is 6. The highest BCUT2D eigenvalue weighted by Crippen LogP contribution is 1.73. The van der Waals surface area contributed by atoms with Crippen LogP contribution in [0.4, 0.5) is 0 Å². The van der Waals surface area contributed by atoms with Crippen molar-refractivity contribution in [1.29, 1.82) is 0 Å². The van der Waals surface area contributed by atoms with Crippen LogP contribution in [0.15, 0.2) is 0 Å². The van der Waals surface area contributed by atoms with E-state index in [2.05, 4.69) is 10.1 Å². The van der Waals surface area contributed by atoms with E-state index >= 15 is 0 Å². The van der Waals surface area contributed by atoms with E-state index in [0.717, 1.165) is 0 Å². The molecule has 0 heterocycles. The lowest BCUT2D eigenvalue weighted by Crippen LogP contribution is -2.32. The van der Waals surface area contributed by atoms with Gasteiger partial charge in [0.25, 0.3) is 0 Å². The molecule has 0 saturated carbocycles. The summed E-state index contributed by atoms with van der Waals surface area (Å²) in [5.74, 6) is -0.232. The first-order chi connectivity index (χ1) is 5.31. The zero-order valence-corrected chi connectivity index (χ0v) is 6.34. The van der Waals surface area contributed by atoms with Crippen molar-refractivity contribution in [2.45, 2.75) is 0 Å². The van der Waals surface area contributed by atoms with Crippen LogP contribution in [-0.2, 0) is 14.6 Å². The van der Waals surface area contributed by atoms with Crippen molar-refractivity contribution < 1.29 is 14.6 Å². The first-order valence-corrected chi connectivity index (χ1v) is 3.44. The molecule has 0 atom stereocenters. The lowest BCUT2D eigenvalue weighted by Gasteiger charge is -2.02. The van der Waals surface area contributed by atoms with Gasteiger partial charge in [-0.05, 0) is 0 Å². The van der Waals surface area contributed by atoms with Crippen LogP contribution in [0, 0.1) is 0 Å². The number of ether oxygens (including phenoxy) is 1. The summed E-state index contributed by atoms with van der Waals surface area (Å²) in [5.41, 5.74) is 5.13. The molecule has 5 nitrogen and oxygen atoms in total. The van der Waals surface area contributed by atoms with Crippen LogP contribution in [0.3, 0.4) is 0 Å². The molecule has 0 rings (SSSR count). The topological polar surface area (TPSA) is 84.2 Å². The highest BCUT2D eigenvalue weighted by molar-refractivity contribution is 5.77. The quantitative estimate of drug-likeness (QED) is 0.465. The molecule has 0 aromatic rings. The standard InChI is InChI=1S/C6H13N2O3/c7-1-2-8-6(10)5-11-4-3-9/h1-5,7H2,(H,8,10). The molecule has 0 aliphatic carbocycles. The molecule has 0 aliphatic rings. The molecule has 5 heteroatoms. The van der Waals surface area contributed by atoms with Gasteiger partial charge in [0, 0.05) is 13.1 Å². The van der Waals surface area contributed by atoms with Crippen molar-refractivity contribution in [3.63, 3.8) is 0 Å². The van der Waals surface area contributed by atoms with Gasteiger partial charge in [-0.2, -0.15) is 0 Å². The van der Waals surface area contributed by atoms with Crippen LogP contribution >= 0.6 is 0 Å². The van der Waals surface area contributed by atoms with E-state index in [1.165, 1.54) is 0 Å². The lowest BCUT2D eigenvalue weighted by atomic mass is 10.5. The number of nitrogens with one attached hydrogen (secondary N) is 1. The fourth-order valence-corrected chi connectivity index (χ4v) is 0.486. The third-order valence-corrected chi connectivity index (χ3v) is 0.927. The van der Waals surface area contributed by atoms with Crippen LogP contribution in [0.25, 0.3) is 0 Å². The van der Waals surface area contributed by atoms with Crippen LogP contribution < -0.4 is 11.1 Å². The molecule has 65 valence electrons. The van der Waals surface area contributed by atoms with E-state index in [0.29, 0.717) is 13.1 Å². The zero-order chi connectivity index (χ0) is 8.53. The molecule has 0 saturated heterocycles. The Bertz CT molecular complexity index is 108. The highest BCUT2D eigenvalue weighted by atomic mass is 16.5. The van der Waals surface area contributed by atoms with Crippen molar-refractivity contribution in [2.75, 3.05) is 32.9 Å². The molecule has 0 aromatic carbocycles. The molecule has 0 aliphatic heterocycles. The van der Waals surface area contributed by atoms with Gasteiger partial charge in [-0.15, -0.1) is 0 Å². The SMILES string of the molecule is NCCNC(=O)COCC[O]. The van der Waals surface area contributed by atoms with Gasteiger partial charge in [-0.1, -0.05) is 0 Å². The summed E-state index contributed by atoms with van der Waals surface area (Å²) in [5, 5.41) is 12.3. The number of hydrogen-bond donors (Lipinski definition) is 2. The average Bonchev–Trinajstić information content (AvgIpc) is 2.01. The molecule has 11 heavy (non-hydrogen) atoms. The maximum Gasteiger partial charge on any atom is 0.246 e. The average molecular weight is 161 g/mol. The van der Waals surface area contributed by atoms with E-state index in [9.17, 15) is 9.90 Å². The molecule has 0 fully saturated rings. The predicted octanol–water partition coefficient (Wildman–Crippen LogP) is -1.49. The molecule has 0 spiro atoms. The minimum Gasteiger partial charge on any atom is -0.369 e. The fraction of sp³-hybridized carbons (Fsp3) is 0.833. The van der Waals surface area contributed by atoms with E-state index in [1.807, 2.05) is 0 Å². The zero-order valence-electron chi connectivity index (χ0n) is 6.34. The van der Waals surface area contributed by atoms with Gasteiger partial charge < -0.3 is 15.8 Å². The van der Waals surface area contributed by atoms with Crippen molar-refractivity contribution in [3.05, 3.63) is 0 Å². The van der Waals surface area contributed by atoms with Crippen molar-refractivity contribution >= 4 is 5.91 Å². The first kappa shape index (κ1) is 10.3. The summed E-state index contributed by atoms with van der Waals surface area (Å²) in [4.78, 5) is 10.7. The second kappa shape index (κ2) is 7.46. The molecule has 3 N–H and O–H groups in total. The maximum absolute atomic E-state index is 10.7. The van der Waals surface area contributed by atoms with Crippen molar-refractivity contribution in [1.82, 2.24) is 5.32 Å². The van der Waals surface area contributed by atoms with Crippen molar-refractivity contribution in [2.24, 2.45) is 5.73 Å². The minimum absolute atomic E-state index is 0.0533. The van der Waals surface area contributed by atoms with Crippen LogP contribution in [-0.4, -0.2) is 38.8 Å². The normalized spacial score (nSPS) is 9.64. The van der Waals surface area contributed by atoms with E-state index < -0.39 is 0 Å². The number of nitrogens with two attached hydrogens (primary N) is 1. The molecule has 1 radical (unpaired) electrons. The van der Waals surface area contributed by atoms with E-state index in [1.54, 1.807) is 0 Å². The maximum atomic E-state index is 10.7. The summed E-state index contributed by atoms with van der Waals surface area (Å²) < 4.78 is 4.68. The lowest BCUT2D eigenvalue weighted by molar-refractivity contribution is -0.126. The summed E-state index contributed by atoms with van der Waals surface area (Å²) in [7, 11) is 0. The third kappa shape index (κ3) is 7.24. The summed E-state index contributed by atoms with van der Waals surface area (Å²) in [6.07, 6.45) is 0. The highest BCUT2D eigenvalue weighted by Gasteiger charge is 1.97. The third-order valence-electron chi connectivity index (χ3n) is 0.927. The summed E-state index contributed by atoms with van der Waals surface area (Å²) in [6, 6.07) is 0. The van der Waals surface area contributed by atoms with Gasteiger partial charge >= 0.3 is 0 Å². The van der Waals surface area contributed by atoms with Gasteiger partial charge in [0.2, 0.25) is 5.91 Å². The number of hydrogen-bond acceptors (Lipinski definition) is 3. The monoisotopic (exact) mass is 161 g/mol. The minimum atomic E-state index is -0.315. The molecule has 0 unspecified atom stereocenters. The van der Waals surface area contributed by atoms with Gasteiger partial charge in [0.1, 0.15) is 13.2 Å². The predicted molar refractivity (Wildman–Crippen MR) is 38.4 cm³/mol. The Balaban J connectivity index is 3.09. The van der Waals surface area contributed by atoms with Crippen LogP contribution in [0.2, 0.25) is 0 Å². The van der Waals surface area contributed by atoms with Gasteiger partial charge in [-0.3, -0.25) is 4.79 Å². The van der Waals surface area contributed by atoms with E-state index in [4.69, 9.17) is 5.73 Å². The number of carbonyl (C=O) groups is 1. The van der Waals surface area contributed by atoms with Gasteiger partial charge in [0.05, 0.1) is 6.61 Å². The molecular weight excluding hydrogens is 148 g/mol. The van der Waals surface area contributed by atoms with Gasteiger partial charge in [0.15, 0.2) is 0 Å². The molecule has 1 amide bonds. The molecule has 0 bridgehead atoms. The largest absolute Gasteiger partial charge is 0.369 e. The Morgan fingerprint density at radius 1 is 1.55 bits per heavy atom. The molecular formula is C6H13N2O3. The first-order valence-electron chi connectivity index (χ1n) is 3.44. The number of amides is 1. The summed E-state index contributed by atoms with van der Waals surface area (Å²) in [6.45, 7) is 0.565. The van der Waals surface area contributed by atoms with Gasteiger partial charge in [-0.25, -0.2) is 5.11 Å². The van der Waals surface area contributed by atoms with Crippen LogP contribution in [0.1, 0.15) is 0 Å². The van der Waals surface area contributed by atoms with Crippen molar-refractivity contribution in [3.8, 4) is 0 Å². The van der Waals surface area contributed by atoms with E-state index in [-0.39, 0.29) is 25.7 Å². The second-order valence-electron chi connectivity index (χ2n) is 1.90. The summed E-state index contributed by atoms with van der Waals surface area (Å²) >= 11 is 0. The second-order valence-corrected chi connectivity index (χ2v) is 1.90. The Morgan fingerprint density at radius 3 is 2.82 bits per heavy atom. The smallest absolute Gasteiger partial charge is 0.246 e. The Kier molecular flexibility index (Phi) is 7.02. The Labute approximate surface area is 65.5 Å². The molecule has 0 aromatic heterocycles. The van der Waals surface area contributed by atoms with Crippen LogP contribution in [0.5, 0.6) is 0 Å². The Morgan fingerprint density at radius 2 is 2.27 bits per heavy atom. The fourth-order valence-electron chi connectivity index (χ4n) is 0.486. The Hall–Kier alpha value is -0.650. The number of carbonyl (C=O) groups excluding carboxylic acids is 1.